The van der Waals surface area contributed by atoms with Gasteiger partial charge < -0.3 is 5.32 Å². The molecule has 0 aliphatic heterocycles. The van der Waals surface area contributed by atoms with E-state index in [9.17, 15) is 13.2 Å². The first kappa shape index (κ1) is 18.4. The molecule has 1 amide bonds. The van der Waals surface area contributed by atoms with Crippen molar-refractivity contribution in [2.75, 3.05) is 11.6 Å². The normalized spacial score (nSPS) is 11.6. The summed E-state index contributed by atoms with van der Waals surface area (Å²) >= 11 is 1.32. The van der Waals surface area contributed by atoms with Crippen LogP contribution < -0.4 is 5.32 Å². The molecule has 0 spiro atoms. The summed E-state index contributed by atoms with van der Waals surface area (Å²) in [5.74, 6) is -0.351. The van der Waals surface area contributed by atoms with E-state index in [0.717, 1.165) is 27.9 Å². The molecular formula is C20H17N3O3S2. The third-order valence-corrected chi connectivity index (χ3v) is 6.57. The van der Waals surface area contributed by atoms with Gasteiger partial charge in [0.15, 0.2) is 9.84 Å². The Bertz CT molecular complexity index is 1290. The summed E-state index contributed by atoms with van der Waals surface area (Å²) in [5.41, 5.74) is 2.01. The number of para-hydroxylation sites is 2. The van der Waals surface area contributed by atoms with Gasteiger partial charge in [0.2, 0.25) is 0 Å². The molecule has 8 heteroatoms. The van der Waals surface area contributed by atoms with Gasteiger partial charge in [0.05, 0.1) is 26.8 Å². The van der Waals surface area contributed by atoms with Gasteiger partial charge in [-0.2, -0.15) is 5.10 Å². The Hall–Kier alpha value is -2.97. The molecule has 0 atom stereocenters. The molecule has 0 radical (unpaired) electrons. The first-order valence-electron chi connectivity index (χ1n) is 8.49. The predicted octanol–water partition coefficient (Wildman–Crippen LogP) is 4.05. The highest BCUT2D eigenvalue weighted by Gasteiger charge is 2.19. The lowest BCUT2D eigenvalue weighted by Crippen LogP contribution is -2.13. The molecule has 4 aromatic rings. The van der Waals surface area contributed by atoms with Crippen LogP contribution in [-0.2, 0) is 9.84 Å². The van der Waals surface area contributed by atoms with E-state index < -0.39 is 9.84 Å². The fourth-order valence-corrected chi connectivity index (χ4v) is 4.90. The number of aryl methyl sites for hydroxylation is 1. The molecule has 4 rings (SSSR count). The van der Waals surface area contributed by atoms with Crippen molar-refractivity contribution in [1.29, 1.82) is 0 Å². The lowest BCUT2D eigenvalue weighted by atomic mass is 10.3. The largest absolute Gasteiger partial charge is 0.320 e. The number of nitrogens with one attached hydrogen (secondary N) is 1. The van der Waals surface area contributed by atoms with Crippen molar-refractivity contribution in [2.24, 2.45) is 0 Å². The fourth-order valence-electron chi connectivity index (χ4n) is 2.98. The van der Waals surface area contributed by atoms with Crippen LogP contribution in [0.2, 0.25) is 0 Å². The maximum absolute atomic E-state index is 12.8. The molecule has 0 saturated heterocycles. The van der Waals surface area contributed by atoms with Gasteiger partial charge in [-0.3, -0.25) is 4.79 Å². The molecule has 2 heterocycles. The Morgan fingerprint density at radius 2 is 1.75 bits per heavy atom. The molecule has 0 aliphatic carbocycles. The second kappa shape index (κ2) is 6.88. The number of hydrogen-bond acceptors (Lipinski definition) is 5. The molecule has 0 bridgehead atoms. The number of nitrogens with zero attached hydrogens (tertiary/aromatic N) is 2. The maximum atomic E-state index is 12.8. The molecular weight excluding hydrogens is 394 g/mol. The topological polar surface area (TPSA) is 81.1 Å². The zero-order chi connectivity index (χ0) is 19.9. The van der Waals surface area contributed by atoms with E-state index in [1.165, 1.54) is 17.4 Å². The third kappa shape index (κ3) is 3.32. The average molecular weight is 412 g/mol. The van der Waals surface area contributed by atoms with Gasteiger partial charge in [-0.1, -0.05) is 30.3 Å². The Kier molecular flexibility index (Phi) is 4.52. The molecule has 2 aromatic heterocycles. The number of amides is 1. The minimum absolute atomic E-state index is 0.0936. The highest BCUT2D eigenvalue weighted by Crippen LogP contribution is 2.31. The summed E-state index contributed by atoms with van der Waals surface area (Å²) in [5, 5.41) is 8.19. The van der Waals surface area contributed by atoms with Gasteiger partial charge in [-0.15, -0.1) is 11.3 Å². The number of aromatic nitrogens is 2. The van der Waals surface area contributed by atoms with Crippen molar-refractivity contribution in [3.8, 4) is 5.69 Å². The zero-order valence-corrected chi connectivity index (χ0v) is 16.8. The molecule has 0 unspecified atom stereocenters. The molecule has 0 saturated carbocycles. The quantitative estimate of drug-likeness (QED) is 0.549. The number of sulfone groups is 1. The van der Waals surface area contributed by atoms with E-state index in [-0.39, 0.29) is 16.5 Å². The molecule has 142 valence electrons. The van der Waals surface area contributed by atoms with E-state index in [0.29, 0.717) is 4.88 Å². The number of thiophene rings is 1. The highest BCUT2D eigenvalue weighted by molar-refractivity contribution is 7.90. The van der Waals surface area contributed by atoms with E-state index in [2.05, 4.69) is 10.4 Å². The summed E-state index contributed by atoms with van der Waals surface area (Å²) < 4.78 is 25.7. The molecule has 6 nitrogen and oxygen atoms in total. The molecule has 2 aromatic carbocycles. The number of fused-ring (bicyclic) bond motifs is 1. The van der Waals surface area contributed by atoms with Crippen LogP contribution in [0.3, 0.4) is 0 Å². The first-order valence-corrected chi connectivity index (χ1v) is 11.2. The minimum atomic E-state index is -3.45. The van der Waals surface area contributed by atoms with Gasteiger partial charge in [-0.25, -0.2) is 13.1 Å². The second-order valence-electron chi connectivity index (χ2n) is 6.38. The monoisotopic (exact) mass is 411 g/mol. The molecule has 0 fully saturated rings. The zero-order valence-electron chi connectivity index (χ0n) is 15.2. The van der Waals surface area contributed by atoms with Gasteiger partial charge in [-0.05, 0) is 37.3 Å². The number of rotatable bonds is 4. The highest BCUT2D eigenvalue weighted by atomic mass is 32.2. The van der Waals surface area contributed by atoms with Crippen LogP contribution in [0.15, 0.2) is 65.6 Å². The summed E-state index contributed by atoms with van der Waals surface area (Å²) in [6.45, 7) is 1.90. The van der Waals surface area contributed by atoms with Crippen molar-refractivity contribution in [3.05, 3.63) is 71.2 Å². The van der Waals surface area contributed by atoms with Crippen LogP contribution in [0.25, 0.3) is 15.9 Å². The van der Waals surface area contributed by atoms with Crippen LogP contribution in [0.1, 0.15) is 15.4 Å². The standard InChI is InChI=1S/C20H17N3O3S2/c1-13-15-12-17(27-20(15)23(22-13)14-8-4-3-5-9-14)19(24)21-16-10-6-7-11-18(16)28(2,25)26/h3-12H,1-2H3,(H,21,24). The van der Waals surface area contributed by atoms with Crippen molar-refractivity contribution in [1.82, 2.24) is 9.78 Å². The van der Waals surface area contributed by atoms with Crippen LogP contribution in [0.4, 0.5) is 5.69 Å². The third-order valence-electron chi connectivity index (χ3n) is 4.30. The Labute approximate surface area is 166 Å². The van der Waals surface area contributed by atoms with E-state index in [1.54, 1.807) is 24.3 Å². The van der Waals surface area contributed by atoms with Gasteiger partial charge in [0.1, 0.15) is 4.83 Å². The van der Waals surface area contributed by atoms with Gasteiger partial charge in [0, 0.05) is 11.6 Å². The maximum Gasteiger partial charge on any atom is 0.265 e. The number of carbonyl (C=O) groups is 1. The lowest BCUT2D eigenvalue weighted by Gasteiger charge is -2.08. The Morgan fingerprint density at radius 3 is 2.46 bits per heavy atom. The second-order valence-corrected chi connectivity index (χ2v) is 9.40. The first-order chi connectivity index (χ1) is 13.3. The number of carbonyl (C=O) groups excluding carboxylic acids is 1. The van der Waals surface area contributed by atoms with Crippen LogP contribution >= 0.6 is 11.3 Å². The van der Waals surface area contributed by atoms with Crippen LogP contribution in [-0.4, -0.2) is 30.4 Å². The van der Waals surface area contributed by atoms with Crippen molar-refractivity contribution >= 4 is 43.0 Å². The van der Waals surface area contributed by atoms with Gasteiger partial charge in [0.25, 0.3) is 5.91 Å². The van der Waals surface area contributed by atoms with E-state index in [4.69, 9.17) is 0 Å². The lowest BCUT2D eigenvalue weighted by molar-refractivity contribution is 0.103. The van der Waals surface area contributed by atoms with Crippen molar-refractivity contribution < 1.29 is 13.2 Å². The summed E-state index contributed by atoms with van der Waals surface area (Å²) in [4.78, 5) is 14.2. The van der Waals surface area contributed by atoms with Crippen LogP contribution in [0, 0.1) is 6.92 Å². The predicted molar refractivity (Wildman–Crippen MR) is 111 cm³/mol. The van der Waals surface area contributed by atoms with E-state index >= 15 is 0 Å². The average Bonchev–Trinajstić information content (AvgIpc) is 3.23. The fraction of sp³-hybridized carbons (Fsp3) is 0.100. The summed E-state index contributed by atoms with van der Waals surface area (Å²) in [7, 11) is -3.45. The van der Waals surface area contributed by atoms with E-state index in [1.807, 2.05) is 41.9 Å². The number of anilines is 1. The Morgan fingerprint density at radius 1 is 1.07 bits per heavy atom. The molecule has 0 aliphatic rings. The summed E-state index contributed by atoms with van der Waals surface area (Å²) in [6.07, 6.45) is 1.12. The molecule has 28 heavy (non-hydrogen) atoms. The number of benzene rings is 2. The minimum Gasteiger partial charge on any atom is -0.320 e. The van der Waals surface area contributed by atoms with Crippen LogP contribution in [0.5, 0.6) is 0 Å². The number of hydrogen-bond donors (Lipinski definition) is 1. The smallest absolute Gasteiger partial charge is 0.265 e. The van der Waals surface area contributed by atoms with Crippen molar-refractivity contribution in [3.63, 3.8) is 0 Å². The molecule has 1 N–H and O–H groups in total. The van der Waals surface area contributed by atoms with Crippen molar-refractivity contribution in [2.45, 2.75) is 11.8 Å². The Balaban J connectivity index is 1.72. The SMILES string of the molecule is Cc1nn(-c2ccccc2)c2sc(C(=O)Nc3ccccc3S(C)(=O)=O)cc12. The van der Waals surface area contributed by atoms with Gasteiger partial charge >= 0.3 is 0 Å². The summed E-state index contributed by atoms with van der Waals surface area (Å²) in [6, 6.07) is 17.9.